The first-order valence-corrected chi connectivity index (χ1v) is 11.2. The summed E-state index contributed by atoms with van der Waals surface area (Å²) in [5.41, 5.74) is 2.36. The Morgan fingerprint density at radius 2 is 1.64 bits per heavy atom. The van der Waals surface area contributed by atoms with Crippen LogP contribution in [0, 0.1) is 6.92 Å². The fourth-order valence-electron chi connectivity index (χ4n) is 3.78. The second-order valence-electron chi connectivity index (χ2n) is 8.17. The summed E-state index contributed by atoms with van der Waals surface area (Å²) in [5.74, 6) is 3.32. The number of halogens is 1. The number of nitrogens with zero attached hydrogens (tertiary/aromatic N) is 2. The Morgan fingerprint density at radius 3 is 2.18 bits per heavy atom. The fourth-order valence-corrected chi connectivity index (χ4v) is 3.78. The molecule has 0 bridgehead atoms. The Hall–Kier alpha value is -2.36. The Bertz CT molecular complexity index is 861. The average molecular weight is 569 g/mol. The van der Waals surface area contributed by atoms with Gasteiger partial charge in [-0.15, -0.1) is 24.0 Å². The minimum Gasteiger partial charge on any atom is -0.497 e. The number of rotatable bonds is 8. The van der Waals surface area contributed by atoms with Crippen molar-refractivity contribution in [3.05, 3.63) is 48.0 Å². The van der Waals surface area contributed by atoms with Crippen molar-refractivity contribution in [2.45, 2.75) is 38.8 Å². The van der Waals surface area contributed by atoms with Gasteiger partial charge in [-0.3, -0.25) is 4.99 Å². The third kappa shape index (κ3) is 8.17. The molecule has 0 aliphatic carbocycles. The first-order valence-electron chi connectivity index (χ1n) is 11.2. The minimum atomic E-state index is 0. The molecule has 1 aliphatic heterocycles. The van der Waals surface area contributed by atoms with Crippen molar-refractivity contribution in [2.24, 2.45) is 4.99 Å². The molecule has 1 atom stereocenters. The van der Waals surface area contributed by atoms with Crippen LogP contribution >= 0.6 is 24.0 Å². The van der Waals surface area contributed by atoms with Gasteiger partial charge in [0.2, 0.25) is 0 Å². The summed E-state index contributed by atoms with van der Waals surface area (Å²) < 4.78 is 16.8. The Balaban J connectivity index is 0.00000385. The Labute approximate surface area is 214 Å². The highest BCUT2D eigenvalue weighted by Gasteiger charge is 2.21. The SMILES string of the molecule is CN=C(NCC(C)Oc1ccc(C)cc1)NC1CCN(c2cc(OC)cc(OC)c2)CC1.I. The van der Waals surface area contributed by atoms with Gasteiger partial charge in [-0.1, -0.05) is 17.7 Å². The molecule has 8 heteroatoms. The highest BCUT2D eigenvalue weighted by atomic mass is 127. The summed E-state index contributed by atoms with van der Waals surface area (Å²) in [5, 5.41) is 6.95. The van der Waals surface area contributed by atoms with E-state index in [1.165, 1.54) is 5.56 Å². The lowest BCUT2D eigenvalue weighted by atomic mass is 10.0. The summed E-state index contributed by atoms with van der Waals surface area (Å²) in [7, 11) is 5.17. The van der Waals surface area contributed by atoms with Gasteiger partial charge < -0.3 is 29.7 Å². The van der Waals surface area contributed by atoms with Crippen LogP contribution in [-0.4, -0.2) is 59.0 Å². The lowest BCUT2D eigenvalue weighted by molar-refractivity contribution is 0.223. The van der Waals surface area contributed by atoms with E-state index in [-0.39, 0.29) is 30.1 Å². The molecule has 0 spiro atoms. The highest BCUT2D eigenvalue weighted by Crippen LogP contribution is 2.30. The van der Waals surface area contributed by atoms with E-state index in [4.69, 9.17) is 14.2 Å². The minimum absolute atomic E-state index is 0. The van der Waals surface area contributed by atoms with E-state index < -0.39 is 0 Å². The monoisotopic (exact) mass is 568 g/mol. The van der Waals surface area contributed by atoms with Gasteiger partial charge in [0.25, 0.3) is 0 Å². The van der Waals surface area contributed by atoms with Gasteiger partial charge in [0.1, 0.15) is 23.4 Å². The molecule has 182 valence electrons. The highest BCUT2D eigenvalue weighted by molar-refractivity contribution is 14.0. The van der Waals surface area contributed by atoms with E-state index in [1.807, 2.05) is 18.2 Å². The normalized spacial score (nSPS) is 15.3. The van der Waals surface area contributed by atoms with E-state index in [0.29, 0.717) is 12.6 Å². The molecule has 2 aromatic rings. The van der Waals surface area contributed by atoms with Gasteiger partial charge in [0.05, 0.1) is 20.8 Å². The van der Waals surface area contributed by atoms with Crippen LogP contribution in [0.5, 0.6) is 17.2 Å². The van der Waals surface area contributed by atoms with Crippen LogP contribution in [0.15, 0.2) is 47.5 Å². The van der Waals surface area contributed by atoms with Crippen molar-refractivity contribution in [3.8, 4) is 17.2 Å². The van der Waals surface area contributed by atoms with Gasteiger partial charge in [0, 0.05) is 50.1 Å². The van der Waals surface area contributed by atoms with Crippen molar-refractivity contribution in [1.29, 1.82) is 0 Å². The van der Waals surface area contributed by atoms with Crippen molar-refractivity contribution >= 4 is 35.6 Å². The Morgan fingerprint density at radius 1 is 1.03 bits per heavy atom. The predicted octanol–water partition coefficient (Wildman–Crippen LogP) is 4.23. The molecule has 1 fully saturated rings. The maximum atomic E-state index is 5.98. The van der Waals surface area contributed by atoms with Gasteiger partial charge in [-0.2, -0.15) is 0 Å². The molecule has 7 nitrogen and oxygen atoms in total. The van der Waals surface area contributed by atoms with Crippen LogP contribution in [0.4, 0.5) is 5.69 Å². The summed E-state index contributed by atoms with van der Waals surface area (Å²) in [6, 6.07) is 14.5. The van der Waals surface area contributed by atoms with Crippen LogP contribution in [0.2, 0.25) is 0 Å². The smallest absolute Gasteiger partial charge is 0.191 e. The van der Waals surface area contributed by atoms with E-state index >= 15 is 0 Å². The second kappa shape index (κ2) is 13.4. The van der Waals surface area contributed by atoms with E-state index in [2.05, 4.69) is 58.6 Å². The molecular weight excluding hydrogens is 531 g/mol. The quantitative estimate of drug-likeness (QED) is 0.283. The maximum Gasteiger partial charge on any atom is 0.191 e. The van der Waals surface area contributed by atoms with Crippen LogP contribution in [0.1, 0.15) is 25.3 Å². The molecule has 0 aromatic heterocycles. The van der Waals surface area contributed by atoms with Crippen molar-refractivity contribution < 1.29 is 14.2 Å². The van der Waals surface area contributed by atoms with Gasteiger partial charge >= 0.3 is 0 Å². The molecule has 0 amide bonds. The van der Waals surface area contributed by atoms with Crippen molar-refractivity contribution in [3.63, 3.8) is 0 Å². The number of benzene rings is 2. The number of methoxy groups -OCH3 is 2. The molecule has 1 unspecified atom stereocenters. The first kappa shape index (κ1) is 26.9. The van der Waals surface area contributed by atoms with E-state index in [1.54, 1.807) is 21.3 Å². The third-order valence-electron chi connectivity index (χ3n) is 5.68. The van der Waals surface area contributed by atoms with Gasteiger partial charge in [0.15, 0.2) is 5.96 Å². The number of hydrogen-bond acceptors (Lipinski definition) is 5. The summed E-state index contributed by atoms with van der Waals surface area (Å²) >= 11 is 0. The molecule has 2 N–H and O–H groups in total. The predicted molar refractivity (Wildman–Crippen MR) is 146 cm³/mol. The van der Waals surface area contributed by atoms with Crippen LogP contribution < -0.4 is 29.7 Å². The number of piperidine rings is 1. The number of aryl methyl sites for hydroxylation is 1. The number of guanidine groups is 1. The zero-order valence-corrected chi connectivity index (χ0v) is 22.6. The third-order valence-corrected chi connectivity index (χ3v) is 5.68. The van der Waals surface area contributed by atoms with Crippen LogP contribution in [-0.2, 0) is 0 Å². The molecule has 0 radical (unpaired) electrons. The number of nitrogens with one attached hydrogen (secondary N) is 2. The van der Waals surface area contributed by atoms with Crippen molar-refractivity contribution in [1.82, 2.24) is 10.6 Å². The topological polar surface area (TPSA) is 67.4 Å². The van der Waals surface area contributed by atoms with Crippen molar-refractivity contribution in [2.75, 3.05) is 45.8 Å². The number of anilines is 1. The zero-order chi connectivity index (χ0) is 22.9. The first-order chi connectivity index (χ1) is 15.5. The molecule has 0 saturated carbocycles. The van der Waals surface area contributed by atoms with Gasteiger partial charge in [-0.05, 0) is 38.8 Å². The molecule has 3 rings (SSSR count). The lowest BCUT2D eigenvalue weighted by Crippen LogP contribution is -2.50. The number of ether oxygens (including phenoxy) is 3. The summed E-state index contributed by atoms with van der Waals surface area (Å²) in [4.78, 5) is 6.76. The summed E-state index contributed by atoms with van der Waals surface area (Å²) in [6.45, 7) is 6.72. The fraction of sp³-hybridized carbons (Fsp3) is 0.480. The molecule has 2 aromatic carbocycles. The molecule has 1 aliphatic rings. The summed E-state index contributed by atoms with van der Waals surface area (Å²) in [6.07, 6.45) is 2.08. The Kier molecular flexibility index (Phi) is 10.9. The lowest BCUT2D eigenvalue weighted by Gasteiger charge is -2.35. The largest absolute Gasteiger partial charge is 0.497 e. The van der Waals surface area contributed by atoms with E-state index in [0.717, 1.165) is 54.8 Å². The van der Waals surface area contributed by atoms with Crippen LogP contribution in [0.25, 0.3) is 0 Å². The molecule has 33 heavy (non-hydrogen) atoms. The standard InChI is InChI=1S/C25H36N4O3.HI/c1-18-6-8-22(9-7-18)32-19(2)17-27-25(26-3)28-20-10-12-29(13-11-20)21-14-23(30-4)16-24(15-21)31-5;/h6-9,14-16,19-20H,10-13,17H2,1-5H3,(H2,26,27,28);1H. The second-order valence-corrected chi connectivity index (χ2v) is 8.17. The maximum absolute atomic E-state index is 5.98. The number of hydrogen-bond donors (Lipinski definition) is 2. The van der Waals surface area contributed by atoms with Crippen LogP contribution in [0.3, 0.4) is 0 Å². The molecule has 1 heterocycles. The average Bonchev–Trinajstić information content (AvgIpc) is 2.83. The van der Waals surface area contributed by atoms with E-state index in [9.17, 15) is 0 Å². The molecular formula is C25H37IN4O3. The van der Waals surface area contributed by atoms with Gasteiger partial charge in [-0.25, -0.2) is 0 Å². The zero-order valence-electron chi connectivity index (χ0n) is 20.3. The number of aliphatic imine (C=N–C) groups is 1. The molecule has 1 saturated heterocycles.